The first-order valence-electron chi connectivity index (χ1n) is 9.34. The van der Waals surface area contributed by atoms with Crippen LogP contribution in [0.15, 0.2) is 42.5 Å². The van der Waals surface area contributed by atoms with E-state index < -0.39 is 11.9 Å². The molecule has 0 bridgehead atoms. The van der Waals surface area contributed by atoms with Crippen LogP contribution in [0.5, 0.6) is 11.5 Å². The van der Waals surface area contributed by atoms with E-state index in [-0.39, 0.29) is 24.2 Å². The number of rotatable bonds is 8. The average Bonchev–Trinajstić information content (AvgIpc) is 2.72. The SMILES string of the molecule is COC(=O)c1ccc(OC(C)C)c(NC(=O)c2cccc(OCC(=O)N(C)C)c2)c1. The largest absolute Gasteiger partial charge is 0.489 e. The first-order chi connectivity index (χ1) is 14.2. The van der Waals surface area contributed by atoms with Crippen molar-refractivity contribution in [2.45, 2.75) is 20.0 Å². The van der Waals surface area contributed by atoms with E-state index in [1.165, 1.54) is 24.1 Å². The molecule has 8 heteroatoms. The maximum absolute atomic E-state index is 12.8. The second-order valence-electron chi connectivity index (χ2n) is 6.93. The molecule has 2 aromatic rings. The molecule has 2 amide bonds. The van der Waals surface area contributed by atoms with Gasteiger partial charge in [-0.1, -0.05) is 6.07 Å². The molecule has 0 spiro atoms. The number of methoxy groups -OCH3 is 1. The lowest BCUT2D eigenvalue weighted by molar-refractivity contribution is -0.130. The van der Waals surface area contributed by atoms with Gasteiger partial charge in [0.1, 0.15) is 11.5 Å². The fourth-order valence-corrected chi connectivity index (χ4v) is 2.42. The minimum absolute atomic E-state index is 0.129. The van der Waals surface area contributed by atoms with Crippen LogP contribution >= 0.6 is 0 Å². The van der Waals surface area contributed by atoms with Gasteiger partial charge in [0.15, 0.2) is 6.61 Å². The highest BCUT2D eigenvalue weighted by Gasteiger charge is 2.16. The molecule has 160 valence electrons. The van der Waals surface area contributed by atoms with Crippen LogP contribution in [-0.4, -0.2) is 56.6 Å². The lowest BCUT2D eigenvalue weighted by Gasteiger charge is -2.16. The van der Waals surface area contributed by atoms with Gasteiger partial charge in [-0.05, 0) is 50.2 Å². The molecule has 0 aliphatic rings. The molecule has 0 aromatic heterocycles. The monoisotopic (exact) mass is 414 g/mol. The van der Waals surface area contributed by atoms with Crippen molar-refractivity contribution in [2.75, 3.05) is 33.1 Å². The lowest BCUT2D eigenvalue weighted by Crippen LogP contribution is -2.27. The third-order valence-electron chi connectivity index (χ3n) is 3.97. The summed E-state index contributed by atoms with van der Waals surface area (Å²) in [5, 5.41) is 2.76. The Labute approximate surface area is 175 Å². The van der Waals surface area contributed by atoms with E-state index in [1.54, 1.807) is 44.4 Å². The van der Waals surface area contributed by atoms with Crippen LogP contribution in [0.3, 0.4) is 0 Å². The number of nitrogens with zero attached hydrogens (tertiary/aromatic N) is 1. The Hall–Kier alpha value is -3.55. The molecule has 0 unspecified atom stereocenters. The van der Waals surface area contributed by atoms with Crippen molar-refractivity contribution in [1.82, 2.24) is 4.90 Å². The van der Waals surface area contributed by atoms with Crippen molar-refractivity contribution in [3.8, 4) is 11.5 Å². The van der Waals surface area contributed by atoms with Gasteiger partial charge in [-0.25, -0.2) is 4.79 Å². The van der Waals surface area contributed by atoms with Gasteiger partial charge in [0.25, 0.3) is 11.8 Å². The molecule has 0 radical (unpaired) electrons. The van der Waals surface area contributed by atoms with Gasteiger partial charge in [0.2, 0.25) is 0 Å². The van der Waals surface area contributed by atoms with E-state index in [4.69, 9.17) is 14.2 Å². The van der Waals surface area contributed by atoms with Crippen LogP contribution in [0.25, 0.3) is 0 Å². The molecule has 0 saturated heterocycles. The van der Waals surface area contributed by atoms with Gasteiger partial charge < -0.3 is 24.4 Å². The standard InChI is InChI=1S/C22H26N2O6/c1-14(2)30-19-10-9-16(22(27)28-5)12-18(19)23-21(26)15-7-6-8-17(11-15)29-13-20(25)24(3)4/h6-12,14H,13H2,1-5H3,(H,23,26). The molecule has 0 heterocycles. The average molecular weight is 414 g/mol. The summed E-state index contributed by atoms with van der Waals surface area (Å²) in [4.78, 5) is 37.7. The van der Waals surface area contributed by atoms with Crippen LogP contribution in [0.1, 0.15) is 34.6 Å². The number of esters is 1. The van der Waals surface area contributed by atoms with Crippen LogP contribution in [0.4, 0.5) is 5.69 Å². The number of amides is 2. The second-order valence-corrected chi connectivity index (χ2v) is 6.93. The maximum Gasteiger partial charge on any atom is 0.337 e. The zero-order chi connectivity index (χ0) is 22.3. The van der Waals surface area contributed by atoms with Gasteiger partial charge in [-0.15, -0.1) is 0 Å². The van der Waals surface area contributed by atoms with Crippen LogP contribution < -0.4 is 14.8 Å². The number of carbonyl (C=O) groups is 3. The van der Waals surface area contributed by atoms with Crippen molar-refractivity contribution < 1.29 is 28.6 Å². The predicted molar refractivity (Wildman–Crippen MR) is 112 cm³/mol. The summed E-state index contributed by atoms with van der Waals surface area (Å²) in [6.07, 6.45) is -0.129. The van der Waals surface area contributed by atoms with E-state index in [9.17, 15) is 14.4 Å². The van der Waals surface area contributed by atoms with Crippen molar-refractivity contribution in [2.24, 2.45) is 0 Å². The number of nitrogens with one attached hydrogen (secondary N) is 1. The summed E-state index contributed by atoms with van der Waals surface area (Å²) in [6, 6.07) is 11.1. The third-order valence-corrected chi connectivity index (χ3v) is 3.97. The van der Waals surface area contributed by atoms with Crippen molar-refractivity contribution >= 4 is 23.5 Å². The molecule has 2 aromatic carbocycles. The van der Waals surface area contributed by atoms with E-state index >= 15 is 0 Å². The Kier molecular flexibility index (Phi) is 7.80. The van der Waals surface area contributed by atoms with Gasteiger partial charge in [-0.2, -0.15) is 0 Å². The Morgan fingerprint density at radius 1 is 1.03 bits per heavy atom. The van der Waals surface area contributed by atoms with Crippen molar-refractivity contribution in [3.63, 3.8) is 0 Å². The molecule has 0 atom stereocenters. The molecule has 2 rings (SSSR count). The summed E-state index contributed by atoms with van der Waals surface area (Å²) in [5.74, 6) is -0.327. The molecule has 8 nitrogen and oxygen atoms in total. The Balaban J connectivity index is 2.22. The number of ether oxygens (including phenoxy) is 3. The Morgan fingerprint density at radius 2 is 1.77 bits per heavy atom. The minimum Gasteiger partial charge on any atom is -0.489 e. The first-order valence-corrected chi connectivity index (χ1v) is 9.34. The molecule has 1 N–H and O–H groups in total. The van der Waals surface area contributed by atoms with Crippen molar-refractivity contribution in [3.05, 3.63) is 53.6 Å². The third kappa shape index (κ3) is 6.23. The number of likely N-dealkylation sites (N-methyl/N-ethyl adjacent to an activating group) is 1. The quantitative estimate of drug-likeness (QED) is 0.668. The number of hydrogen-bond acceptors (Lipinski definition) is 6. The van der Waals surface area contributed by atoms with E-state index in [0.717, 1.165) is 0 Å². The lowest BCUT2D eigenvalue weighted by atomic mass is 10.1. The number of hydrogen-bond donors (Lipinski definition) is 1. The van der Waals surface area contributed by atoms with Gasteiger partial charge >= 0.3 is 5.97 Å². The smallest absolute Gasteiger partial charge is 0.337 e. The topological polar surface area (TPSA) is 94.2 Å². The summed E-state index contributed by atoms with van der Waals surface area (Å²) < 4.78 is 15.9. The molecule has 0 aliphatic carbocycles. The number of anilines is 1. The van der Waals surface area contributed by atoms with Crippen molar-refractivity contribution in [1.29, 1.82) is 0 Å². The van der Waals surface area contributed by atoms with E-state index in [0.29, 0.717) is 22.7 Å². The summed E-state index contributed by atoms with van der Waals surface area (Å²) in [5.41, 5.74) is 0.942. The van der Waals surface area contributed by atoms with Crippen LogP contribution in [0, 0.1) is 0 Å². The van der Waals surface area contributed by atoms with Gasteiger partial charge in [-0.3, -0.25) is 9.59 Å². The highest BCUT2D eigenvalue weighted by Crippen LogP contribution is 2.28. The Bertz CT molecular complexity index is 924. The molecule has 0 aliphatic heterocycles. The summed E-state index contributed by atoms with van der Waals surface area (Å²) in [6.45, 7) is 3.58. The molecule has 0 saturated carbocycles. The highest BCUT2D eigenvalue weighted by atomic mass is 16.5. The predicted octanol–water partition coefficient (Wildman–Crippen LogP) is 2.98. The zero-order valence-electron chi connectivity index (χ0n) is 17.7. The fraction of sp³-hybridized carbons (Fsp3) is 0.318. The minimum atomic E-state index is -0.525. The molecule has 0 fully saturated rings. The van der Waals surface area contributed by atoms with E-state index in [1.807, 2.05) is 13.8 Å². The number of benzene rings is 2. The molecular weight excluding hydrogens is 388 g/mol. The number of carbonyl (C=O) groups excluding carboxylic acids is 3. The van der Waals surface area contributed by atoms with E-state index in [2.05, 4.69) is 5.32 Å². The molecular formula is C22H26N2O6. The van der Waals surface area contributed by atoms with Gasteiger partial charge in [0, 0.05) is 19.7 Å². The van der Waals surface area contributed by atoms with Crippen LogP contribution in [0.2, 0.25) is 0 Å². The zero-order valence-corrected chi connectivity index (χ0v) is 17.7. The van der Waals surface area contributed by atoms with Crippen LogP contribution in [-0.2, 0) is 9.53 Å². The first kappa shape index (κ1) is 22.7. The fourth-order valence-electron chi connectivity index (χ4n) is 2.42. The summed E-state index contributed by atoms with van der Waals surface area (Å²) in [7, 11) is 4.55. The normalized spacial score (nSPS) is 10.3. The second kappa shape index (κ2) is 10.3. The molecule has 30 heavy (non-hydrogen) atoms. The Morgan fingerprint density at radius 3 is 2.40 bits per heavy atom. The highest BCUT2D eigenvalue weighted by molar-refractivity contribution is 6.06. The maximum atomic E-state index is 12.8. The summed E-state index contributed by atoms with van der Waals surface area (Å²) >= 11 is 0. The van der Waals surface area contributed by atoms with Gasteiger partial charge in [0.05, 0.1) is 24.5 Å².